The second kappa shape index (κ2) is 7.14. The fourth-order valence-corrected chi connectivity index (χ4v) is 3.51. The van der Waals surface area contributed by atoms with Crippen LogP contribution < -0.4 is 0 Å². The van der Waals surface area contributed by atoms with Gasteiger partial charge in [0.1, 0.15) is 11.6 Å². The molecule has 4 aromatic rings. The van der Waals surface area contributed by atoms with Gasteiger partial charge < -0.3 is 9.67 Å². The van der Waals surface area contributed by atoms with Crippen LogP contribution in [0.3, 0.4) is 0 Å². The number of fused-ring (bicyclic) bond motifs is 1. The molecular formula is C22H12ClF2NO3. The molecule has 4 nitrogen and oxygen atoms in total. The summed E-state index contributed by atoms with van der Waals surface area (Å²) in [7, 11) is 0. The van der Waals surface area contributed by atoms with E-state index in [1.807, 2.05) is 0 Å². The number of para-hydroxylation sites is 1. The van der Waals surface area contributed by atoms with Crippen LogP contribution in [-0.4, -0.2) is 21.4 Å². The van der Waals surface area contributed by atoms with Crippen LogP contribution in [0.15, 0.2) is 66.9 Å². The third-order valence-corrected chi connectivity index (χ3v) is 4.88. The van der Waals surface area contributed by atoms with Crippen LogP contribution in [0.1, 0.15) is 26.3 Å². The highest BCUT2D eigenvalue weighted by atomic mass is 35.5. The van der Waals surface area contributed by atoms with E-state index in [1.165, 1.54) is 18.3 Å². The minimum absolute atomic E-state index is 0.127. The lowest BCUT2D eigenvalue weighted by atomic mass is 10.0. The Bertz CT molecular complexity index is 1260. The molecule has 3 aromatic carbocycles. The van der Waals surface area contributed by atoms with Gasteiger partial charge in [0.15, 0.2) is 5.78 Å². The van der Waals surface area contributed by atoms with Gasteiger partial charge in [-0.1, -0.05) is 29.8 Å². The molecular weight excluding hydrogens is 400 g/mol. The van der Waals surface area contributed by atoms with E-state index >= 15 is 0 Å². The highest BCUT2D eigenvalue weighted by Gasteiger charge is 2.23. The summed E-state index contributed by atoms with van der Waals surface area (Å²) in [5.41, 5.74) is 1.20. The Morgan fingerprint density at radius 1 is 0.966 bits per heavy atom. The molecule has 1 aromatic heterocycles. The molecule has 0 amide bonds. The predicted molar refractivity (Wildman–Crippen MR) is 105 cm³/mol. The van der Waals surface area contributed by atoms with Crippen molar-refractivity contribution in [3.05, 3.63) is 100 Å². The zero-order valence-corrected chi connectivity index (χ0v) is 15.5. The van der Waals surface area contributed by atoms with Crippen LogP contribution in [0.2, 0.25) is 5.02 Å². The predicted octanol–water partition coefficient (Wildman–Crippen LogP) is 5.49. The van der Waals surface area contributed by atoms with Gasteiger partial charge in [0.25, 0.3) is 0 Å². The van der Waals surface area contributed by atoms with Gasteiger partial charge in [0, 0.05) is 28.9 Å². The Kier molecular flexibility index (Phi) is 4.64. The molecule has 0 aliphatic rings. The van der Waals surface area contributed by atoms with Gasteiger partial charge in [-0.05, 0) is 36.4 Å². The number of rotatable bonds is 4. The smallest absolute Gasteiger partial charge is 0.335 e. The number of ketones is 1. The molecule has 1 N–H and O–H groups in total. The Labute approximate surface area is 168 Å². The van der Waals surface area contributed by atoms with Crippen molar-refractivity contribution in [1.82, 2.24) is 4.57 Å². The highest BCUT2D eigenvalue weighted by Crippen LogP contribution is 2.30. The molecule has 0 aliphatic heterocycles. The van der Waals surface area contributed by atoms with Crippen LogP contribution in [0.5, 0.6) is 0 Å². The number of carboxylic acid groups (broad SMARTS) is 1. The fourth-order valence-electron chi connectivity index (χ4n) is 3.23. The molecule has 0 aliphatic carbocycles. The molecule has 0 atom stereocenters. The standard InChI is InChI=1S/C22H12ClF2NO3/c23-17-9-13(24)10-18(25)20(17)21(27)16-11-26(19-4-2-1-3-15(16)19)14-7-5-12(6-8-14)22(28)29/h1-11H,(H,28,29). The second-order valence-corrected chi connectivity index (χ2v) is 6.76. The van der Waals surface area contributed by atoms with Crippen molar-refractivity contribution in [2.75, 3.05) is 0 Å². The number of carbonyl (C=O) groups is 2. The van der Waals surface area contributed by atoms with E-state index in [9.17, 15) is 18.4 Å². The van der Waals surface area contributed by atoms with E-state index in [0.29, 0.717) is 22.7 Å². The van der Waals surface area contributed by atoms with Gasteiger partial charge in [-0.15, -0.1) is 0 Å². The lowest BCUT2D eigenvalue weighted by Crippen LogP contribution is -2.06. The van der Waals surface area contributed by atoms with Gasteiger partial charge in [0.05, 0.1) is 21.7 Å². The van der Waals surface area contributed by atoms with Gasteiger partial charge in [-0.2, -0.15) is 0 Å². The molecule has 144 valence electrons. The van der Waals surface area contributed by atoms with Crippen LogP contribution in [0.4, 0.5) is 8.78 Å². The third-order valence-electron chi connectivity index (χ3n) is 4.58. The number of benzene rings is 3. The van der Waals surface area contributed by atoms with E-state index in [1.54, 1.807) is 41.0 Å². The Hall–Kier alpha value is -3.51. The largest absolute Gasteiger partial charge is 0.478 e. The number of nitrogens with zero attached hydrogens (tertiary/aromatic N) is 1. The first kappa shape index (κ1) is 18.8. The topological polar surface area (TPSA) is 59.3 Å². The molecule has 0 spiro atoms. The number of aromatic carboxylic acids is 1. The number of hydrogen-bond acceptors (Lipinski definition) is 2. The van der Waals surface area contributed by atoms with Gasteiger partial charge in [-0.25, -0.2) is 13.6 Å². The normalized spacial score (nSPS) is 11.0. The summed E-state index contributed by atoms with van der Waals surface area (Å²) in [5.74, 6) is -3.64. The Balaban J connectivity index is 1.89. The van der Waals surface area contributed by atoms with E-state index in [-0.39, 0.29) is 16.1 Å². The van der Waals surface area contributed by atoms with Crippen molar-refractivity contribution < 1.29 is 23.5 Å². The molecule has 0 radical (unpaired) electrons. The van der Waals surface area contributed by atoms with E-state index in [2.05, 4.69) is 0 Å². The SMILES string of the molecule is O=C(O)c1ccc(-n2cc(C(=O)c3c(F)cc(F)cc3Cl)c3ccccc32)cc1. The number of carboxylic acids is 1. The second-order valence-electron chi connectivity index (χ2n) is 6.36. The zero-order chi connectivity index (χ0) is 20.7. The molecule has 0 bridgehead atoms. The number of hydrogen-bond donors (Lipinski definition) is 1. The fraction of sp³-hybridized carbons (Fsp3) is 0. The van der Waals surface area contributed by atoms with E-state index in [4.69, 9.17) is 16.7 Å². The van der Waals surface area contributed by atoms with Crippen molar-refractivity contribution in [1.29, 1.82) is 0 Å². The Morgan fingerprint density at radius 3 is 2.31 bits per heavy atom. The number of halogens is 3. The molecule has 29 heavy (non-hydrogen) atoms. The van der Waals surface area contributed by atoms with Gasteiger partial charge >= 0.3 is 5.97 Å². The van der Waals surface area contributed by atoms with Gasteiger partial charge in [-0.3, -0.25) is 4.79 Å². The molecule has 0 saturated carbocycles. The van der Waals surface area contributed by atoms with Crippen LogP contribution in [0.25, 0.3) is 16.6 Å². The summed E-state index contributed by atoms with van der Waals surface area (Å²) in [6.07, 6.45) is 1.53. The number of carbonyl (C=O) groups excluding carboxylic acids is 1. The van der Waals surface area contributed by atoms with Crippen molar-refractivity contribution in [2.45, 2.75) is 0 Å². The molecule has 4 rings (SSSR count). The maximum atomic E-state index is 14.3. The maximum absolute atomic E-state index is 14.3. The molecule has 7 heteroatoms. The summed E-state index contributed by atoms with van der Waals surface area (Å²) in [6, 6.07) is 14.6. The zero-order valence-electron chi connectivity index (χ0n) is 14.7. The van der Waals surface area contributed by atoms with Gasteiger partial charge in [0.2, 0.25) is 0 Å². The minimum atomic E-state index is -1.05. The first-order chi connectivity index (χ1) is 13.9. The molecule has 0 fully saturated rings. The highest BCUT2D eigenvalue weighted by molar-refractivity contribution is 6.35. The molecule has 0 saturated heterocycles. The average molecular weight is 412 g/mol. The van der Waals surface area contributed by atoms with Crippen LogP contribution in [-0.2, 0) is 0 Å². The third kappa shape index (κ3) is 3.28. The quantitative estimate of drug-likeness (QED) is 0.452. The summed E-state index contributed by atoms with van der Waals surface area (Å²) in [4.78, 5) is 24.1. The summed E-state index contributed by atoms with van der Waals surface area (Å²) < 4.78 is 29.3. The molecule has 1 heterocycles. The van der Waals surface area contributed by atoms with Crippen molar-refractivity contribution in [3.63, 3.8) is 0 Å². The molecule has 0 unspecified atom stereocenters. The van der Waals surface area contributed by atoms with Crippen molar-refractivity contribution in [2.24, 2.45) is 0 Å². The monoisotopic (exact) mass is 411 g/mol. The average Bonchev–Trinajstić information content (AvgIpc) is 3.07. The first-order valence-electron chi connectivity index (χ1n) is 8.50. The lowest BCUT2D eigenvalue weighted by molar-refractivity contribution is 0.0696. The first-order valence-corrected chi connectivity index (χ1v) is 8.87. The van der Waals surface area contributed by atoms with Crippen molar-refractivity contribution >= 4 is 34.3 Å². The number of aromatic nitrogens is 1. The summed E-state index contributed by atoms with van der Waals surface area (Å²) in [6.45, 7) is 0. The Morgan fingerprint density at radius 2 is 1.66 bits per heavy atom. The van der Waals surface area contributed by atoms with Crippen LogP contribution in [0, 0.1) is 11.6 Å². The van der Waals surface area contributed by atoms with Crippen LogP contribution >= 0.6 is 11.6 Å². The summed E-state index contributed by atoms with van der Waals surface area (Å²) >= 11 is 5.94. The van der Waals surface area contributed by atoms with Crippen molar-refractivity contribution in [3.8, 4) is 5.69 Å². The van der Waals surface area contributed by atoms with E-state index < -0.39 is 29.0 Å². The minimum Gasteiger partial charge on any atom is -0.478 e. The summed E-state index contributed by atoms with van der Waals surface area (Å²) in [5, 5.41) is 9.31. The van der Waals surface area contributed by atoms with E-state index in [0.717, 1.165) is 6.07 Å². The maximum Gasteiger partial charge on any atom is 0.335 e. The lowest BCUT2D eigenvalue weighted by Gasteiger charge is -2.06.